The second-order valence-electron chi connectivity index (χ2n) is 7.05. The van der Waals surface area contributed by atoms with Crippen molar-refractivity contribution in [1.82, 2.24) is 5.43 Å². The first-order valence-corrected chi connectivity index (χ1v) is 11.7. The van der Waals surface area contributed by atoms with Gasteiger partial charge in [0, 0.05) is 11.6 Å². The highest BCUT2D eigenvalue weighted by Crippen LogP contribution is 2.33. The number of amides is 1. The number of nitrogens with one attached hydrogen (secondary N) is 1. The number of benzene rings is 3. The zero-order valence-corrected chi connectivity index (χ0v) is 19.7. The van der Waals surface area contributed by atoms with Gasteiger partial charge in [-0.1, -0.05) is 36.4 Å². The van der Waals surface area contributed by atoms with Crippen molar-refractivity contribution in [1.29, 1.82) is 0 Å². The number of nitrogens with zero attached hydrogens (tertiary/aromatic N) is 2. The molecule has 3 rings (SSSR count). The summed E-state index contributed by atoms with van der Waals surface area (Å²) in [6.45, 7) is -0.607. The van der Waals surface area contributed by atoms with Crippen molar-refractivity contribution in [2.45, 2.75) is 4.90 Å². The maximum Gasteiger partial charge on any atom is 0.336 e. The maximum absolute atomic E-state index is 13.4. The number of ether oxygens (including phenoxy) is 2. The van der Waals surface area contributed by atoms with Crippen LogP contribution < -0.4 is 19.2 Å². The zero-order chi connectivity index (χ0) is 25.4. The van der Waals surface area contributed by atoms with E-state index in [0.717, 1.165) is 4.31 Å². The standard InChI is InChI=1S/C24H23N3O7S/c1-33-21-13-12-18(14-22(21)34-2)27(35(31,32)19-9-4-3-5-10-19)16-23(28)26-25-15-17-8-6-7-11-20(17)24(29)30/h3-15H,16H2,1-2H3,(H,26,28)(H,29,30)/b25-15-. The molecule has 0 saturated carbocycles. The van der Waals surface area contributed by atoms with Gasteiger partial charge in [-0.3, -0.25) is 9.10 Å². The number of sulfonamides is 1. The smallest absolute Gasteiger partial charge is 0.336 e. The van der Waals surface area contributed by atoms with Crippen LogP contribution in [0.5, 0.6) is 11.5 Å². The van der Waals surface area contributed by atoms with Gasteiger partial charge in [-0.05, 0) is 30.3 Å². The van der Waals surface area contributed by atoms with Gasteiger partial charge in [-0.2, -0.15) is 5.10 Å². The van der Waals surface area contributed by atoms with E-state index in [0.29, 0.717) is 5.75 Å². The molecule has 182 valence electrons. The minimum atomic E-state index is -4.14. The summed E-state index contributed by atoms with van der Waals surface area (Å²) in [6, 6.07) is 18.2. The van der Waals surface area contributed by atoms with E-state index in [-0.39, 0.29) is 27.5 Å². The average molecular weight is 498 g/mol. The fourth-order valence-electron chi connectivity index (χ4n) is 3.16. The van der Waals surface area contributed by atoms with Gasteiger partial charge in [0.05, 0.1) is 36.6 Å². The SMILES string of the molecule is COc1ccc(N(CC(=O)N/N=C\c2ccccc2C(=O)O)S(=O)(=O)c2ccccc2)cc1OC. The number of anilines is 1. The summed E-state index contributed by atoms with van der Waals surface area (Å²) < 4.78 is 38.2. The molecule has 0 heterocycles. The van der Waals surface area contributed by atoms with Crippen molar-refractivity contribution in [3.8, 4) is 11.5 Å². The summed E-state index contributed by atoms with van der Waals surface area (Å²) >= 11 is 0. The number of carboxylic acid groups (broad SMARTS) is 1. The maximum atomic E-state index is 13.4. The average Bonchev–Trinajstić information content (AvgIpc) is 2.87. The van der Waals surface area contributed by atoms with Crippen LogP contribution in [0.3, 0.4) is 0 Å². The summed E-state index contributed by atoms with van der Waals surface area (Å²) in [5.74, 6) is -1.23. The number of aromatic carboxylic acids is 1. The molecule has 0 aliphatic rings. The van der Waals surface area contributed by atoms with E-state index < -0.39 is 28.4 Å². The summed E-state index contributed by atoms with van der Waals surface area (Å²) in [5.41, 5.74) is 2.69. The van der Waals surface area contributed by atoms with Crippen LogP contribution in [0, 0.1) is 0 Å². The predicted molar refractivity (Wildman–Crippen MR) is 130 cm³/mol. The molecule has 0 atom stereocenters. The van der Waals surface area contributed by atoms with Crippen molar-refractivity contribution in [3.05, 3.63) is 83.9 Å². The van der Waals surface area contributed by atoms with Gasteiger partial charge in [0.25, 0.3) is 15.9 Å². The lowest BCUT2D eigenvalue weighted by atomic mass is 10.1. The largest absolute Gasteiger partial charge is 0.493 e. The monoisotopic (exact) mass is 497 g/mol. The fourth-order valence-corrected chi connectivity index (χ4v) is 4.59. The Morgan fingerprint density at radius 1 is 0.971 bits per heavy atom. The number of hydrogen-bond donors (Lipinski definition) is 2. The molecule has 0 aromatic heterocycles. The molecular weight excluding hydrogens is 474 g/mol. The Labute approximate surface area is 202 Å². The summed E-state index contributed by atoms with van der Waals surface area (Å²) in [4.78, 5) is 24.0. The number of carbonyl (C=O) groups is 2. The van der Waals surface area contributed by atoms with Gasteiger partial charge >= 0.3 is 5.97 Å². The van der Waals surface area contributed by atoms with Crippen molar-refractivity contribution >= 4 is 33.8 Å². The third-order valence-electron chi connectivity index (χ3n) is 4.86. The molecule has 0 saturated heterocycles. The molecule has 3 aromatic carbocycles. The van der Waals surface area contributed by atoms with E-state index in [1.807, 2.05) is 0 Å². The molecule has 35 heavy (non-hydrogen) atoms. The highest BCUT2D eigenvalue weighted by molar-refractivity contribution is 7.92. The molecule has 0 fully saturated rings. The Kier molecular flexibility index (Phi) is 8.05. The summed E-state index contributed by atoms with van der Waals surface area (Å²) in [5, 5.41) is 13.0. The minimum absolute atomic E-state index is 0.00380. The third-order valence-corrected chi connectivity index (χ3v) is 6.65. The second kappa shape index (κ2) is 11.2. The number of hydrogen-bond acceptors (Lipinski definition) is 7. The Bertz CT molecular complexity index is 1340. The van der Waals surface area contributed by atoms with E-state index in [4.69, 9.17) is 9.47 Å². The molecule has 11 heteroatoms. The number of rotatable bonds is 10. The quantitative estimate of drug-likeness (QED) is 0.325. The van der Waals surface area contributed by atoms with E-state index in [9.17, 15) is 23.1 Å². The van der Waals surface area contributed by atoms with Crippen molar-refractivity contribution in [2.75, 3.05) is 25.1 Å². The Morgan fingerprint density at radius 3 is 2.29 bits per heavy atom. The number of hydrazone groups is 1. The number of methoxy groups -OCH3 is 2. The minimum Gasteiger partial charge on any atom is -0.493 e. The summed E-state index contributed by atoms with van der Waals surface area (Å²) in [7, 11) is -1.28. The second-order valence-corrected chi connectivity index (χ2v) is 8.91. The predicted octanol–water partition coefficient (Wildman–Crippen LogP) is 2.75. The first-order valence-electron chi connectivity index (χ1n) is 10.2. The lowest BCUT2D eigenvalue weighted by molar-refractivity contribution is -0.119. The van der Waals surface area contributed by atoms with Crippen LogP contribution in [0.2, 0.25) is 0 Å². The van der Waals surface area contributed by atoms with Gasteiger partial charge in [0.15, 0.2) is 11.5 Å². The topological polar surface area (TPSA) is 135 Å². The Hall–Kier alpha value is -4.38. The van der Waals surface area contributed by atoms with Gasteiger partial charge in [-0.15, -0.1) is 0 Å². The van der Waals surface area contributed by atoms with Crippen LogP contribution in [0.15, 0.2) is 82.8 Å². The van der Waals surface area contributed by atoms with Crippen LogP contribution in [-0.2, 0) is 14.8 Å². The molecule has 2 N–H and O–H groups in total. The lowest BCUT2D eigenvalue weighted by Gasteiger charge is -2.24. The van der Waals surface area contributed by atoms with Gasteiger partial charge < -0.3 is 14.6 Å². The van der Waals surface area contributed by atoms with Crippen molar-refractivity contribution < 1.29 is 32.6 Å². The summed E-state index contributed by atoms with van der Waals surface area (Å²) in [6.07, 6.45) is 1.17. The molecule has 0 unspecified atom stereocenters. The van der Waals surface area contributed by atoms with E-state index in [1.165, 1.54) is 62.9 Å². The molecule has 3 aromatic rings. The first-order chi connectivity index (χ1) is 16.8. The Balaban J connectivity index is 1.90. The van der Waals surface area contributed by atoms with Crippen molar-refractivity contribution in [2.24, 2.45) is 5.10 Å². The number of carbonyl (C=O) groups excluding carboxylic acids is 1. The van der Waals surface area contributed by atoms with Gasteiger partial charge in [0.1, 0.15) is 6.54 Å². The molecule has 1 amide bonds. The normalized spacial score (nSPS) is 11.1. The molecule has 0 aliphatic carbocycles. The van der Waals surface area contributed by atoms with Crippen LogP contribution in [0.4, 0.5) is 5.69 Å². The first kappa shape index (κ1) is 25.2. The molecule has 10 nitrogen and oxygen atoms in total. The van der Waals surface area contributed by atoms with E-state index in [2.05, 4.69) is 10.5 Å². The molecular formula is C24H23N3O7S. The highest BCUT2D eigenvalue weighted by Gasteiger charge is 2.28. The molecule has 0 radical (unpaired) electrons. The van der Waals surface area contributed by atoms with E-state index in [1.54, 1.807) is 30.3 Å². The van der Waals surface area contributed by atoms with Gasteiger partial charge in [-0.25, -0.2) is 18.6 Å². The lowest BCUT2D eigenvalue weighted by Crippen LogP contribution is -2.39. The zero-order valence-electron chi connectivity index (χ0n) is 18.9. The van der Waals surface area contributed by atoms with Crippen LogP contribution >= 0.6 is 0 Å². The Morgan fingerprint density at radius 2 is 1.63 bits per heavy atom. The van der Waals surface area contributed by atoms with E-state index >= 15 is 0 Å². The van der Waals surface area contributed by atoms with Crippen molar-refractivity contribution in [3.63, 3.8) is 0 Å². The van der Waals surface area contributed by atoms with Crippen LogP contribution in [0.25, 0.3) is 0 Å². The molecule has 0 spiro atoms. The number of carboxylic acids is 1. The fraction of sp³-hybridized carbons (Fsp3) is 0.125. The van der Waals surface area contributed by atoms with Crippen LogP contribution in [-0.4, -0.2) is 52.4 Å². The molecule has 0 aliphatic heterocycles. The highest BCUT2D eigenvalue weighted by atomic mass is 32.2. The third kappa shape index (κ3) is 5.95. The van der Waals surface area contributed by atoms with Gasteiger partial charge in [0.2, 0.25) is 0 Å². The van der Waals surface area contributed by atoms with Crippen LogP contribution in [0.1, 0.15) is 15.9 Å². The molecule has 0 bridgehead atoms.